The lowest BCUT2D eigenvalue weighted by molar-refractivity contribution is 0.254. The molecule has 0 aromatic heterocycles. The summed E-state index contributed by atoms with van der Waals surface area (Å²) in [5.74, 6) is 0.826. The van der Waals surface area contributed by atoms with Gasteiger partial charge in [-0.3, -0.25) is 4.72 Å². The summed E-state index contributed by atoms with van der Waals surface area (Å²) in [4.78, 5) is 10.7. The zero-order valence-corrected chi connectivity index (χ0v) is 9.87. The van der Waals surface area contributed by atoms with Crippen LogP contribution in [0.4, 0.5) is 4.79 Å². The van der Waals surface area contributed by atoms with E-state index in [9.17, 15) is 4.79 Å². The van der Waals surface area contributed by atoms with E-state index in [2.05, 4.69) is 16.9 Å². The third kappa shape index (κ3) is 3.45. The van der Waals surface area contributed by atoms with E-state index in [1.165, 1.54) is 30.4 Å². The first kappa shape index (κ1) is 11.3. The number of hydrogen-bond donors (Lipinski definition) is 2. The molecule has 0 heterocycles. The molecule has 1 atom stereocenters. The zero-order chi connectivity index (χ0) is 11.4. The molecular weight excluding hydrogens is 220 g/mol. The molecule has 1 saturated carbocycles. The summed E-state index contributed by atoms with van der Waals surface area (Å²) in [5.41, 5.74) is 6.35. The molecule has 16 heavy (non-hydrogen) atoms. The zero-order valence-electron chi connectivity index (χ0n) is 9.06. The van der Waals surface area contributed by atoms with Crippen molar-refractivity contribution < 1.29 is 4.79 Å². The Kier molecular flexibility index (Phi) is 3.72. The van der Waals surface area contributed by atoms with Crippen LogP contribution in [0.1, 0.15) is 30.1 Å². The second kappa shape index (κ2) is 5.25. The van der Waals surface area contributed by atoms with E-state index >= 15 is 0 Å². The van der Waals surface area contributed by atoms with E-state index in [4.69, 9.17) is 5.73 Å². The fourth-order valence-electron chi connectivity index (χ4n) is 1.71. The Hall–Kier alpha value is -1.16. The highest BCUT2D eigenvalue weighted by molar-refractivity contribution is 7.98. The molecule has 0 aliphatic heterocycles. The van der Waals surface area contributed by atoms with E-state index in [0.717, 1.165) is 12.3 Å². The summed E-state index contributed by atoms with van der Waals surface area (Å²) >= 11 is 1.43. The summed E-state index contributed by atoms with van der Waals surface area (Å²) in [6, 6.07) is 9.79. The molecule has 1 fully saturated rings. The average molecular weight is 236 g/mol. The number of amides is 2. The molecule has 0 radical (unpaired) electrons. The van der Waals surface area contributed by atoms with E-state index in [-0.39, 0.29) is 0 Å². The minimum atomic E-state index is -0.471. The van der Waals surface area contributed by atoms with Gasteiger partial charge in [-0.15, -0.1) is 0 Å². The Morgan fingerprint density at radius 2 is 2.12 bits per heavy atom. The normalized spacial score (nSPS) is 16.8. The predicted octanol–water partition coefficient (Wildman–Crippen LogP) is 2.84. The minimum Gasteiger partial charge on any atom is -0.351 e. The maximum absolute atomic E-state index is 10.7. The van der Waals surface area contributed by atoms with Gasteiger partial charge in [0.25, 0.3) is 0 Å². The summed E-state index contributed by atoms with van der Waals surface area (Å²) < 4.78 is 2.63. The van der Waals surface area contributed by atoms with Crippen molar-refractivity contribution in [1.82, 2.24) is 4.72 Å². The number of nitrogens with two attached hydrogens (primary N) is 1. The van der Waals surface area contributed by atoms with Crippen LogP contribution in [0.25, 0.3) is 0 Å². The number of urea groups is 1. The van der Waals surface area contributed by atoms with Crippen molar-refractivity contribution in [2.45, 2.75) is 24.5 Å². The largest absolute Gasteiger partial charge is 0.351 e. The molecule has 0 spiro atoms. The third-order valence-corrected chi connectivity index (χ3v) is 3.79. The number of carbonyl (C=O) groups is 1. The number of nitrogens with one attached hydrogen (secondary N) is 1. The highest BCUT2D eigenvalue weighted by Gasteiger charge is 2.26. The lowest BCUT2D eigenvalue weighted by Gasteiger charge is -2.16. The highest BCUT2D eigenvalue weighted by atomic mass is 32.2. The molecule has 3 nitrogen and oxygen atoms in total. The van der Waals surface area contributed by atoms with Crippen LogP contribution < -0.4 is 10.5 Å². The van der Waals surface area contributed by atoms with Crippen LogP contribution in [0, 0.1) is 5.92 Å². The molecule has 1 aromatic carbocycles. The van der Waals surface area contributed by atoms with Crippen molar-refractivity contribution in [3.8, 4) is 0 Å². The smallest absolute Gasteiger partial charge is 0.322 e. The molecule has 0 bridgehead atoms. The Labute approximate surface area is 99.9 Å². The van der Waals surface area contributed by atoms with Crippen LogP contribution in [0.5, 0.6) is 0 Å². The van der Waals surface area contributed by atoms with Crippen molar-refractivity contribution in [1.29, 1.82) is 0 Å². The molecule has 4 heteroatoms. The third-order valence-electron chi connectivity index (χ3n) is 2.72. The number of carbonyl (C=O) groups excluding carboxylic acids is 1. The first-order valence-electron chi connectivity index (χ1n) is 5.51. The van der Waals surface area contributed by atoms with Crippen molar-refractivity contribution in [2.24, 2.45) is 11.7 Å². The molecule has 2 amide bonds. The Bertz CT molecular complexity index is 351. The van der Waals surface area contributed by atoms with E-state index < -0.39 is 6.03 Å². The molecule has 0 unspecified atom stereocenters. The van der Waals surface area contributed by atoms with Gasteiger partial charge in [0.2, 0.25) is 0 Å². The second-order valence-electron chi connectivity index (χ2n) is 4.16. The number of benzene rings is 1. The second-order valence-corrected chi connectivity index (χ2v) is 5.17. The van der Waals surface area contributed by atoms with Crippen molar-refractivity contribution in [3.63, 3.8) is 0 Å². The number of hydrogen-bond acceptors (Lipinski definition) is 2. The van der Waals surface area contributed by atoms with Crippen LogP contribution in [0.15, 0.2) is 30.3 Å². The molecule has 1 aliphatic carbocycles. The standard InChI is InChI=1S/C12H16N2OS/c13-12(15)14-16-11(8-9-6-7-9)10-4-2-1-3-5-10/h1-5,9,11H,6-8H2,(H3,13,14,15)/t11-/m0/s1. The Morgan fingerprint density at radius 1 is 1.44 bits per heavy atom. The highest BCUT2D eigenvalue weighted by Crippen LogP contribution is 2.42. The van der Waals surface area contributed by atoms with Gasteiger partial charge in [-0.1, -0.05) is 43.2 Å². The van der Waals surface area contributed by atoms with Crippen molar-refractivity contribution in [3.05, 3.63) is 35.9 Å². The maximum atomic E-state index is 10.7. The molecule has 2 rings (SSSR count). The Balaban J connectivity index is 1.98. The lowest BCUT2D eigenvalue weighted by atomic mass is 10.1. The first-order valence-corrected chi connectivity index (χ1v) is 6.39. The number of primary amides is 1. The minimum absolute atomic E-state index is 0.321. The monoisotopic (exact) mass is 236 g/mol. The summed E-state index contributed by atoms with van der Waals surface area (Å²) in [6.07, 6.45) is 3.76. The van der Waals surface area contributed by atoms with Crippen molar-refractivity contribution in [2.75, 3.05) is 0 Å². The molecule has 86 valence electrons. The van der Waals surface area contributed by atoms with Crippen LogP contribution in [-0.4, -0.2) is 6.03 Å². The number of rotatable bonds is 5. The fraction of sp³-hybridized carbons (Fsp3) is 0.417. The maximum Gasteiger partial charge on any atom is 0.322 e. The fourth-order valence-corrected chi connectivity index (χ4v) is 2.63. The van der Waals surface area contributed by atoms with Gasteiger partial charge in [0.15, 0.2) is 0 Å². The van der Waals surface area contributed by atoms with Crippen LogP contribution >= 0.6 is 11.9 Å². The predicted molar refractivity (Wildman–Crippen MR) is 66.8 cm³/mol. The summed E-state index contributed by atoms with van der Waals surface area (Å²) in [5, 5.41) is 0.321. The van der Waals surface area contributed by atoms with Gasteiger partial charge in [-0.05, 0) is 29.9 Å². The van der Waals surface area contributed by atoms with Crippen molar-refractivity contribution >= 4 is 18.0 Å². The molecule has 0 saturated heterocycles. The summed E-state index contributed by atoms with van der Waals surface area (Å²) in [7, 11) is 0. The SMILES string of the molecule is NC(=O)NS[C@@H](CC1CC1)c1ccccc1. The molecule has 3 N–H and O–H groups in total. The Morgan fingerprint density at radius 3 is 2.69 bits per heavy atom. The quantitative estimate of drug-likeness (QED) is 0.772. The molecule has 1 aromatic rings. The van der Waals surface area contributed by atoms with Gasteiger partial charge in [-0.25, -0.2) is 4.79 Å². The van der Waals surface area contributed by atoms with E-state index in [1.807, 2.05) is 18.2 Å². The van der Waals surface area contributed by atoms with E-state index in [1.54, 1.807) is 0 Å². The average Bonchev–Trinajstić information content (AvgIpc) is 3.09. The van der Waals surface area contributed by atoms with E-state index in [0.29, 0.717) is 5.25 Å². The van der Waals surface area contributed by atoms with Crippen LogP contribution in [0.3, 0.4) is 0 Å². The van der Waals surface area contributed by atoms with Gasteiger partial charge >= 0.3 is 6.03 Å². The van der Waals surface area contributed by atoms with Gasteiger partial charge in [0.05, 0.1) is 0 Å². The van der Waals surface area contributed by atoms with Gasteiger partial charge in [-0.2, -0.15) is 0 Å². The topological polar surface area (TPSA) is 55.1 Å². The van der Waals surface area contributed by atoms with Gasteiger partial charge in [0.1, 0.15) is 0 Å². The van der Waals surface area contributed by atoms with Crippen LogP contribution in [-0.2, 0) is 0 Å². The van der Waals surface area contributed by atoms with Gasteiger partial charge in [0, 0.05) is 5.25 Å². The molecule has 1 aliphatic rings. The van der Waals surface area contributed by atoms with Crippen LogP contribution in [0.2, 0.25) is 0 Å². The van der Waals surface area contributed by atoms with Gasteiger partial charge < -0.3 is 5.73 Å². The lowest BCUT2D eigenvalue weighted by Crippen LogP contribution is -2.24. The molecular formula is C12H16N2OS. The first-order chi connectivity index (χ1) is 7.75. The summed E-state index contributed by atoms with van der Waals surface area (Å²) in [6.45, 7) is 0.